The fourth-order valence-corrected chi connectivity index (χ4v) is 3.64. The SMILES string of the molecule is Cc1ccc(NC(=O)CCCc2c(-c3ccccn3)[nH]c3ccc(C)cc23)cc1. The summed E-state index contributed by atoms with van der Waals surface area (Å²) in [6.45, 7) is 4.14. The highest BCUT2D eigenvalue weighted by molar-refractivity contribution is 5.92. The Kier molecular flexibility index (Phi) is 5.43. The molecule has 2 aromatic carbocycles. The van der Waals surface area contributed by atoms with Crippen LogP contribution in [0.1, 0.15) is 29.5 Å². The zero-order chi connectivity index (χ0) is 20.2. The van der Waals surface area contributed by atoms with Crippen LogP contribution >= 0.6 is 0 Å². The number of H-pyrrole nitrogens is 1. The molecule has 0 aliphatic carbocycles. The summed E-state index contributed by atoms with van der Waals surface area (Å²) in [6.07, 6.45) is 3.88. The second kappa shape index (κ2) is 8.31. The van der Waals surface area contributed by atoms with Gasteiger partial charge in [0.25, 0.3) is 0 Å². The van der Waals surface area contributed by atoms with E-state index >= 15 is 0 Å². The van der Waals surface area contributed by atoms with Gasteiger partial charge in [0.15, 0.2) is 0 Å². The molecule has 4 rings (SSSR count). The van der Waals surface area contributed by atoms with E-state index in [1.165, 1.54) is 22.1 Å². The molecule has 0 saturated heterocycles. The number of fused-ring (bicyclic) bond motifs is 1. The standard InChI is InChI=1S/C25H25N3O/c1-17-9-12-19(13-10-17)27-24(29)8-5-6-20-21-16-18(2)11-14-22(21)28-25(20)23-7-3-4-15-26-23/h3-4,7,9-16,28H,5-6,8H2,1-2H3,(H,27,29). The van der Waals surface area contributed by atoms with E-state index in [9.17, 15) is 4.79 Å². The molecule has 0 atom stereocenters. The van der Waals surface area contributed by atoms with Gasteiger partial charge in [-0.05, 0) is 68.7 Å². The van der Waals surface area contributed by atoms with Crippen LogP contribution in [0.4, 0.5) is 5.69 Å². The number of rotatable bonds is 6. The highest BCUT2D eigenvalue weighted by Crippen LogP contribution is 2.31. The molecule has 4 aromatic rings. The quantitative estimate of drug-likeness (QED) is 0.441. The molecule has 0 aliphatic heterocycles. The Labute approximate surface area is 171 Å². The van der Waals surface area contributed by atoms with E-state index < -0.39 is 0 Å². The number of nitrogens with zero attached hydrogens (tertiary/aromatic N) is 1. The molecule has 0 bridgehead atoms. The minimum atomic E-state index is 0.0456. The van der Waals surface area contributed by atoms with Crippen molar-refractivity contribution in [3.05, 3.63) is 83.6 Å². The van der Waals surface area contributed by atoms with E-state index in [4.69, 9.17) is 0 Å². The third-order valence-electron chi connectivity index (χ3n) is 5.15. The first kappa shape index (κ1) is 18.9. The van der Waals surface area contributed by atoms with Crippen molar-refractivity contribution in [2.45, 2.75) is 33.1 Å². The highest BCUT2D eigenvalue weighted by Gasteiger charge is 2.14. The van der Waals surface area contributed by atoms with E-state index in [-0.39, 0.29) is 5.91 Å². The van der Waals surface area contributed by atoms with Gasteiger partial charge in [-0.2, -0.15) is 0 Å². The van der Waals surface area contributed by atoms with Crippen molar-refractivity contribution < 1.29 is 4.79 Å². The van der Waals surface area contributed by atoms with Crippen molar-refractivity contribution in [3.63, 3.8) is 0 Å². The van der Waals surface area contributed by atoms with E-state index in [0.29, 0.717) is 6.42 Å². The number of carbonyl (C=O) groups excluding carboxylic acids is 1. The Morgan fingerprint density at radius 1 is 1.00 bits per heavy atom. The Balaban J connectivity index is 1.51. The van der Waals surface area contributed by atoms with Crippen LogP contribution in [-0.4, -0.2) is 15.9 Å². The zero-order valence-corrected chi connectivity index (χ0v) is 16.8. The van der Waals surface area contributed by atoms with Crippen molar-refractivity contribution in [2.75, 3.05) is 5.32 Å². The van der Waals surface area contributed by atoms with E-state index in [0.717, 1.165) is 35.4 Å². The minimum absolute atomic E-state index is 0.0456. The number of anilines is 1. The Morgan fingerprint density at radius 2 is 1.79 bits per heavy atom. The number of aromatic amines is 1. The molecule has 0 radical (unpaired) electrons. The van der Waals surface area contributed by atoms with Crippen LogP contribution in [-0.2, 0) is 11.2 Å². The van der Waals surface area contributed by atoms with Gasteiger partial charge in [-0.1, -0.05) is 35.4 Å². The lowest BCUT2D eigenvalue weighted by atomic mass is 10.0. The topological polar surface area (TPSA) is 57.8 Å². The molecular weight excluding hydrogens is 358 g/mol. The van der Waals surface area contributed by atoms with Gasteiger partial charge in [-0.15, -0.1) is 0 Å². The van der Waals surface area contributed by atoms with Crippen LogP contribution in [0.3, 0.4) is 0 Å². The van der Waals surface area contributed by atoms with Crippen molar-refractivity contribution in [3.8, 4) is 11.4 Å². The number of benzene rings is 2. The maximum absolute atomic E-state index is 12.4. The van der Waals surface area contributed by atoms with Crippen LogP contribution in [0.25, 0.3) is 22.3 Å². The Bertz CT molecular complexity index is 1130. The maximum atomic E-state index is 12.4. The van der Waals surface area contributed by atoms with E-state index in [2.05, 4.69) is 40.4 Å². The highest BCUT2D eigenvalue weighted by atomic mass is 16.1. The van der Waals surface area contributed by atoms with Gasteiger partial charge in [-0.3, -0.25) is 9.78 Å². The van der Waals surface area contributed by atoms with Gasteiger partial charge in [0, 0.05) is 29.2 Å². The normalized spacial score (nSPS) is 11.0. The van der Waals surface area contributed by atoms with Crippen molar-refractivity contribution in [1.82, 2.24) is 9.97 Å². The average Bonchev–Trinajstić information content (AvgIpc) is 3.08. The molecule has 146 valence electrons. The summed E-state index contributed by atoms with van der Waals surface area (Å²) >= 11 is 0. The number of aromatic nitrogens is 2. The number of pyridine rings is 1. The second-order valence-corrected chi connectivity index (χ2v) is 7.51. The molecule has 4 nitrogen and oxygen atoms in total. The molecule has 0 spiro atoms. The van der Waals surface area contributed by atoms with Gasteiger partial charge < -0.3 is 10.3 Å². The summed E-state index contributed by atoms with van der Waals surface area (Å²) in [4.78, 5) is 20.4. The van der Waals surface area contributed by atoms with Crippen LogP contribution in [0.5, 0.6) is 0 Å². The van der Waals surface area contributed by atoms with Gasteiger partial charge in [0.1, 0.15) is 0 Å². The third-order valence-corrected chi connectivity index (χ3v) is 5.15. The van der Waals surface area contributed by atoms with Crippen LogP contribution in [0.15, 0.2) is 66.9 Å². The molecule has 0 unspecified atom stereocenters. The minimum Gasteiger partial charge on any atom is -0.353 e. The molecule has 29 heavy (non-hydrogen) atoms. The molecule has 0 saturated carbocycles. The molecule has 1 amide bonds. The fraction of sp³-hybridized carbons (Fsp3) is 0.200. The summed E-state index contributed by atoms with van der Waals surface area (Å²) in [5, 5.41) is 4.20. The summed E-state index contributed by atoms with van der Waals surface area (Å²) in [5.74, 6) is 0.0456. The average molecular weight is 383 g/mol. The molecule has 0 fully saturated rings. The smallest absolute Gasteiger partial charge is 0.224 e. The molecule has 2 aromatic heterocycles. The number of amides is 1. The van der Waals surface area contributed by atoms with Crippen LogP contribution in [0.2, 0.25) is 0 Å². The lowest BCUT2D eigenvalue weighted by Crippen LogP contribution is -2.11. The van der Waals surface area contributed by atoms with Gasteiger partial charge in [0.05, 0.1) is 11.4 Å². The predicted octanol–water partition coefficient (Wildman–Crippen LogP) is 5.81. The first-order chi connectivity index (χ1) is 14.1. The second-order valence-electron chi connectivity index (χ2n) is 7.51. The van der Waals surface area contributed by atoms with Gasteiger partial charge in [-0.25, -0.2) is 0 Å². The first-order valence-corrected chi connectivity index (χ1v) is 9.99. The molecule has 2 heterocycles. The van der Waals surface area contributed by atoms with Gasteiger partial charge in [0.2, 0.25) is 5.91 Å². The van der Waals surface area contributed by atoms with Crippen molar-refractivity contribution in [2.24, 2.45) is 0 Å². The Hall–Kier alpha value is -3.40. The fourth-order valence-electron chi connectivity index (χ4n) is 3.64. The number of carbonyl (C=O) groups is 1. The Morgan fingerprint density at radius 3 is 2.55 bits per heavy atom. The number of aryl methyl sites for hydroxylation is 3. The largest absolute Gasteiger partial charge is 0.353 e. The summed E-state index contributed by atoms with van der Waals surface area (Å²) in [5.41, 5.74) is 7.56. The summed E-state index contributed by atoms with van der Waals surface area (Å²) in [7, 11) is 0. The molecular formula is C25H25N3O. The summed E-state index contributed by atoms with van der Waals surface area (Å²) < 4.78 is 0. The molecule has 2 N–H and O–H groups in total. The molecule has 0 aliphatic rings. The van der Waals surface area contributed by atoms with E-state index in [1.54, 1.807) is 0 Å². The van der Waals surface area contributed by atoms with Crippen molar-refractivity contribution >= 4 is 22.5 Å². The number of hydrogen-bond acceptors (Lipinski definition) is 2. The van der Waals surface area contributed by atoms with E-state index in [1.807, 2.05) is 55.6 Å². The number of nitrogens with one attached hydrogen (secondary N) is 2. The number of hydrogen-bond donors (Lipinski definition) is 2. The van der Waals surface area contributed by atoms with Crippen LogP contribution in [0, 0.1) is 13.8 Å². The lowest BCUT2D eigenvalue weighted by Gasteiger charge is -2.07. The molecule has 4 heteroatoms. The monoisotopic (exact) mass is 383 g/mol. The summed E-state index contributed by atoms with van der Waals surface area (Å²) in [6, 6.07) is 20.3. The van der Waals surface area contributed by atoms with Crippen LogP contribution < -0.4 is 5.32 Å². The lowest BCUT2D eigenvalue weighted by molar-refractivity contribution is -0.116. The maximum Gasteiger partial charge on any atom is 0.224 e. The zero-order valence-electron chi connectivity index (χ0n) is 16.8. The van der Waals surface area contributed by atoms with Crippen molar-refractivity contribution in [1.29, 1.82) is 0 Å². The van der Waals surface area contributed by atoms with Gasteiger partial charge >= 0.3 is 0 Å². The first-order valence-electron chi connectivity index (χ1n) is 9.99. The predicted molar refractivity (Wildman–Crippen MR) is 119 cm³/mol. The third kappa shape index (κ3) is 4.37.